The van der Waals surface area contributed by atoms with Crippen LogP contribution in [0.1, 0.15) is 13.3 Å². The Bertz CT molecular complexity index is 905. The number of rotatable bonds is 11. The Balaban J connectivity index is 6.95. The molecule has 1 unspecified atom stereocenters. The molecule has 4 nitrogen and oxygen atoms in total. The normalized spacial score (nSPS) is 17.4. The van der Waals surface area contributed by atoms with Gasteiger partial charge in [-0.05, 0) is 0 Å². The Labute approximate surface area is 191 Å². The van der Waals surface area contributed by atoms with Gasteiger partial charge in [0.2, 0.25) is 0 Å². The molecule has 0 spiro atoms. The molecule has 22 heteroatoms. The van der Waals surface area contributed by atoms with E-state index in [0.717, 1.165) is 28.1 Å². The molecule has 0 amide bonds. The van der Waals surface area contributed by atoms with Crippen LogP contribution in [0.25, 0.3) is 0 Å². The Kier molecular flexibility index (Phi) is 8.54. The second kappa shape index (κ2) is 8.87. The number of alkyl halides is 17. The molecule has 0 radical (unpaired) electrons. The molecule has 0 heterocycles. The largest absolute Gasteiger partial charge is 0.460 e. The Morgan fingerprint density at radius 2 is 0.861 bits per heavy atom. The van der Waals surface area contributed by atoms with Gasteiger partial charge in [0.05, 0.1) is 21.1 Å². The third-order valence-corrected chi connectivity index (χ3v) is 6.16. The van der Waals surface area contributed by atoms with Gasteiger partial charge >= 0.3 is 47.0 Å². The van der Waals surface area contributed by atoms with Gasteiger partial charge in [0.1, 0.15) is 0 Å². The third kappa shape index (κ3) is 4.68. The number of nitrogens with zero attached hydrogens (tertiary/aromatic N) is 1. The van der Waals surface area contributed by atoms with Crippen molar-refractivity contribution in [3.05, 3.63) is 0 Å². The minimum Gasteiger partial charge on any atom is -0.315 e. The van der Waals surface area contributed by atoms with Crippen LogP contribution in [0.15, 0.2) is 0 Å². The first-order valence-electron chi connectivity index (χ1n) is 8.71. The lowest BCUT2D eigenvalue weighted by Crippen LogP contribution is -2.75. The summed E-state index contributed by atoms with van der Waals surface area (Å²) >= 11 is 0. The van der Waals surface area contributed by atoms with Gasteiger partial charge in [-0.25, -0.2) is 8.42 Å². The molecule has 0 aliphatic carbocycles. The molecule has 218 valence electrons. The van der Waals surface area contributed by atoms with E-state index >= 15 is 0 Å². The highest BCUT2D eigenvalue weighted by atomic mass is 32.2. The van der Waals surface area contributed by atoms with Crippen molar-refractivity contribution in [3.63, 3.8) is 0 Å². The number of sulfonamides is 1. The molecule has 0 aliphatic rings. The van der Waals surface area contributed by atoms with Crippen molar-refractivity contribution in [2.75, 3.05) is 21.1 Å². The molecule has 0 aliphatic heterocycles. The summed E-state index contributed by atoms with van der Waals surface area (Å²) in [5.74, 6) is -51.6. The minimum atomic E-state index is -8.84. The number of quaternary nitrogens is 1. The minimum absolute atomic E-state index is 0.590. The lowest BCUT2D eigenvalue weighted by Gasteiger charge is -2.42. The van der Waals surface area contributed by atoms with E-state index in [-0.39, 0.29) is 0 Å². The van der Waals surface area contributed by atoms with Crippen LogP contribution < -0.4 is 4.72 Å². The van der Waals surface area contributed by atoms with E-state index in [0.29, 0.717) is 4.72 Å². The molecule has 0 bridgehead atoms. The molecule has 0 rings (SSSR count). The van der Waals surface area contributed by atoms with E-state index in [1.165, 1.54) is 0 Å². The van der Waals surface area contributed by atoms with Crippen molar-refractivity contribution in [3.8, 4) is 0 Å². The molecule has 1 atom stereocenters. The predicted molar refractivity (Wildman–Crippen MR) is 84.9 cm³/mol. The maximum absolute atomic E-state index is 14.0. The van der Waals surface area contributed by atoms with Gasteiger partial charge in [-0.15, -0.1) is 0 Å². The monoisotopic (exact) mass is 599 g/mol. The molecular formula is C14H16F17N2O2S+. The van der Waals surface area contributed by atoms with E-state index < -0.39 is 74.1 Å². The molecule has 1 N–H and O–H groups in total. The van der Waals surface area contributed by atoms with Crippen molar-refractivity contribution in [1.82, 2.24) is 4.72 Å². The topological polar surface area (TPSA) is 46.2 Å². The Hall–Kier alpha value is -1.32. The van der Waals surface area contributed by atoms with Crippen LogP contribution in [-0.4, -0.2) is 87.2 Å². The fraction of sp³-hybridized carbons (Fsp3) is 1.00. The average molecular weight is 599 g/mol. The van der Waals surface area contributed by atoms with Crippen molar-refractivity contribution in [2.45, 2.75) is 66.5 Å². The van der Waals surface area contributed by atoms with Crippen LogP contribution in [0.4, 0.5) is 74.6 Å². The molecule has 36 heavy (non-hydrogen) atoms. The number of nitrogens with one attached hydrogen (secondary N) is 1. The molecule has 0 aromatic heterocycles. The van der Waals surface area contributed by atoms with Crippen molar-refractivity contribution in [2.24, 2.45) is 0 Å². The van der Waals surface area contributed by atoms with Gasteiger partial charge in [-0.1, -0.05) is 6.92 Å². The highest BCUT2D eigenvalue weighted by molar-refractivity contribution is 7.90. The van der Waals surface area contributed by atoms with Crippen molar-refractivity contribution >= 4 is 10.0 Å². The Morgan fingerprint density at radius 1 is 0.583 bits per heavy atom. The summed E-state index contributed by atoms with van der Waals surface area (Å²) < 4.78 is 249. The quantitative estimate of drug-likeness (QED) is 0.199. The van der Waals surface area contributed by atoms with E-state index in [1.54, 1.807) is 0 Å². The van der Waals surface area contributed by atoms with E-state index in [9.17, 15) is 83.1 Å². The number of hydrogen-bond acceptors (Lipinski definition) is 2. The summed E-state index contributed by atoms with van der Waals surface area (Å²) in [7, 11) is -4.31. The van der Waals surface area contributed by atoms with E-state index in [2.05, 4.69) is 0 Å². The Morgan fingerprint density at radius 3 is 1.11 bits per heavy atom. The zero-order valence-electron chi connectivity index (χ0n) is 17.9. The van der Waals surface area contributed by atoms with E-state index in [1.807, 2.05) is 0 Å². The van der Waals surface area contributed by atoms with Crippen LogP contribution >= 0.6 is 0 Å². The fourth-order valence-corrected chi connectivity index (χ4v) is 3.82. The van der Waals surface area contributed by atoms with E-state index in [4.69, 9.17) is 0 Å². The molecule has 0 aromatic rings. The maximum atomic E-state index is 14.0. The fourth-order valence-electron chi connectivity index (χ4n) is 2.36. The van der Waals surface area contributed by atoms with Crippen LogP contribution in [-0.2, 0) is 10.0 Å². The summed E-state index contributed by atoms with van der Waals surface area (Å²) in [6, 6.07) is 0. The SMILES string of the molecule is CCC(NS(=O)(=O)C(F)(F)C(F)(F)C(F)(F)C(F)(F)C(F)(F)C(F)(F)C(F)(F)C(F)(F)F)[N+](C)(C)C. The molecular weight excluding hydrogens is 583 g/mol. The smallest absolute Gasteiger partial charge is 0.315 e. The molecule has 0 saturated heterocycles. The summed E-state index contributed by atoms with van der Waals surface area (Å²) in [4.78, 5) is 0. The second-order valence-corrected chi connectivity index (χ2v) is 9.88. The zero-order valence-corrected chi connectivity index (χ0v) is 18.7. The maximum Gasteiger partial charge on any atom is 0.460 e. The summed E-state index contributed by atoms with van der Waals surface area (Å²) in [6.07, 6.45) is -10.4. The number of halogens is 17. The first-order chi connectivity index (χ1) is 15.2. The number of hydrogen-bond donors (Lipinski definition) is 1. The van der Waals surface area contributed by atoms with Crippen molar-refractivity contribution < 1.29 is 87.5 Å². The van der Waals surface area contributed by atoms with Gasteiger partial charge in [0, 0.05) is 6.42 Å². The summed E-state index contributed by atoms with van der Waals surface area (Å²) in [6.45, 7) is 0.999. The summed E-state index contributed by atoms with van der Waals surface area (Å²) in [5.41, 5.74) is 0. The van der Waals surface area contributed by atoms with Gasteiger partial charge in [0.15, 0.2) is 6.17 Å². The summed E-state index contributed by atoms with van der Waals surface area (Å²) in [5, 5.41) is -7.56. The van der Waals surface area contributed by atoms with Gasteiger partial charge in [-0.3, -0.25) is 0 Å². The second-order valence-electron chi connectivity index (χ2n) is 8.12. The molecule has 0 saturated carbocycles. The standard InChI is InChI=1S/C14H16F17N2O2S/c1-5-6(33(2,3)4)32-36(34,35)14(30,31)12(25,26)10(21,22)8(17,18)7(15,16)9(19,20)11(23,24)13(27,28)29/h6,32H,5H2,1-4H3/q+1. The third-order valence-electron chi connectivity index (χ3n) is 4.64. The van der Waals surface area contributed by atoms with Crippen LogP contribution in [0.3, 0.4) is 0 Å². The average Bonchev–Trinajstić information content (AvgIpc) is 2.62. The zero-order chi connectivity index (χ0) is 30.0. The molecule has 0 fully saturated rings. The van der Waals surface area contributed by atoms with Crippen molar-refractivity contribution in [1.29, 1.82) is 0 Å². The highest BCUT2D eigenvalue weighted by Crippen LogP contribution is 2.64. The first-order valence-corrected chi connectivity index (χ1v) is 10.2. The predicted octanol–water partition coefficient (Wildman–Crippen LogP) is 5.32. The lowest BCUT2D eigenvalue weighted by molar-refractivity contribution is -0.898. The van der Waals surface area contributed by atoms with Crippen LogP contribution in [0, 0.1) is 0 Å². The van der Waals surface area contributed by atoms with Crippen LogP contribution in [0.5, 0.6) is 0 Å². The molecule has 0 aromatic carbocycles. The first kappa shape index (κ1) is 34.7. The lowest BCUT2D eigenvalue weighted by atomic mass is 9.91. The van der Waals surface area contributed by atoms with Gasteiger partial charge in [0.25, 0.3) is 10.0 Å². The van der Waals surface area contributed by atoms with Gasteiger partial charge in [-0.2, -0.15) is 79.4 Å². The highest BCUT2D eigenvalue weighted by Gasteiger charge is 2.96. The van der Waals surface area contributed by atoms with Gasteiger partial charge < -0.3 is 4.48 Å². The van der Waals surface area contributed by atoms with Crippen LogP contribution in [0.2, 0.25) is 0 Å².